The fourth-order valence-corrected chi connectivity index (χ4v) is 4.02. The average molecular weight is 496 g/mol. The number of nitrogens with zero attached hydrogens (tertiary/aromatic N) is 5. The summed E-state index contributed by atoms with van der Waals surface area (Å²) in [5.74, 6) is -0.314. The van der Waals surface area contributed by atoms with E-state index in [0.29, 0.717) is 18.6 Å². The Morgan fingerprint density at radius 2 is 2.00 bits per heavy atom. The molecule has 11 heteroatoms. The van der Waals surface area contributed by atoms with Gasteiger partial charge in [0.05, 0.1) is 23.8 Å². The standard InChI is InChI=1S/C24H29F4N5O2/c1-23(2,3)20-13-21(33(32(20)4)14-17-6-5-10-34-17)31-22(30-15-29)18-12-16(24(26,27)28)7-8-19(18)35-11-9-25/h7-8,12-13,17H,5-6,9-11,14H2,1-4H3/b30-22+,31-21+/t17-/m1/s1. The highest BCUT2D eigenvalue weighted by molar-refractivity contribution is 6.02. The van der Waals surface area contributed by atoms with Crippen molar-refractivity contribution in [2.75, 3.05) is 19.9 Å². The molecule has 2 aromatic rings. The summed E-state index contributed by atoms with van der Waals surface area (Å²) in [6.45, 7) is 6.02. The molecule has 1 aliphatic heterocycles. The molecule has 0 N–H and O–H groups in total. The first-order chi connectivity index (χ1) is 16.5. The number of rotatable bonds is 6. The van der Waals surface area contributed by atoms with Gasteiger partial charge in [0.25, 0.3) is 0 Å². The Hall–Kier alpha value is -3.13. The number of amidine groups is 1. The molecule has 0 unspecified atom stereocenters. The Morgan fingerprint density at radius 3 is 2.57 bits per heavy atom. The van der Waals surface area contributed by atoms with E-state index in [4.69, 9.17) is 9.47 Å². The molecule has 0 saturated carbocycles. The Labute approximate surface area is 201 Å². The van der Waals surface area contributed by atoms with Gasteiger partial charge in [-0.2, -0.15) is 23.4 Å². The number of halogens is 4. The zero-order chi connectivity index (χ0) is 25.8. The van der Waals surface area contributed by atoms with Crippen LogP contribution in [0, 0.1) is 11.5 Å². The van der Waals surface area contributed by atoms with E-state index in [9.17, 15) is 22.8 Å². The molecule has 1 aromatic heterocycles. The van der Waals surface area contributed by atoms with E-state index in [0.717, 1.165) is 36.7 Å². The maximum Gasteiger partial charge on any atom is 0.416 e. The highest BCUT2D eigenvalue weighted by Crippen LogP contribution is 2.33. The number of benzene rings is 1. The smallest absolute Gasteiger partial charge is 0.416 e. The molecule has 190 valence electrons. The van der Waals surface area contributed by atoms with Gasteiger partial charge in [0.2, 0.25) is 6.19 Å². The Bertz CT molecular complexity index is 1180. The largest absolute Gasteiger partial charge is 0.490 e. The number of nitriles is 1. The average Bonchev–Trinajstić information content (AvgIpc) is 3.40. The highest BCUT2D eigenvalue weighted by Gasteiger charge is 2.32. The molecule has 0 spiro atoms. The predicted octanol–water partition coefficient (Wildman–Crippen LogP) is 4.50. The van der Waals surface area contributed by atoms with Crippen molar-refractivity contribution in [3.63, 3.8) is 0 Å². The molecule has 35 heavy (non-hydrogen) atoms. The summed E-state index contributed by atoms with van der Waals surface area (Å²) >= 11 is 0. The van der Waals surface area contributed by atoms with Crippen molar-refractivity contribution in [3.05, 3.63) is 46.6 Å². The highest BCUT2D eigenvalue weighted by atomic mass is 19.4. The van der Waals surface area contributed by atoms with Crippen molar-refractivity contribution in [1.29, 1.82) is 5.26 Å². The third kappa shape index (κ3) is 6.31. The first-order valence-corrected chi connectivity index (χ1v) is 11.3. The summed E-state index contributed by atoms with van der Waals surface area (Å²) in [4.78, 5) is 8.24. The van der Waals surface area contributed by atoms with E-state index in [1.54, 1.807) is 6.19 Å². The van der Waals surface area contributed by atoms with Crippen molar-refractivity contribution >= 4 is 5.84 Å². The second-order valence-corrected chi connectivity index (χ2v) is 9.27. The van der Waals surface area contributed by atoms with Crippen LogP contribution in [-0.2, 0) is 29.9 Å². The van der Waals surface area contributed by atoms with Crippen molar-refractivity contribution in [3.8, 4) is 11.9 Å². The van der Waals surface area contributed by atoms with Gasteiger partial charge in [-0.25, -0.2) is 9.38 Å². The van der Waals surface area contributed by atoms with Crippen LogP contribution in [0.25, 0.3) is 0 Å². The van der Waals surface area contributed by atoms with E-state index in [1.165, 1.54) is 0 Å². The van der Waals surface area contributed by atoms with Gasteiger partial charge in [0.1, 0.15) is 19.0 Å². The van der Waals surface area contributed by atoms with Crippen LogP contribution >= 0.6 is 0 Å². The Kier molecular flexibility index (Phi) is 8.05. The SMILES string of the molecule is Cn1c(C(C)(C)C)c/c(=N\C(=N\C#N)c2cc(C(F)(F)F)ccc2OCCF)n1C[C@H]1CCCO1. The maximum atomic E-state index is 13.4. The first-order valence-electron chi connectivity index (χ1n) is 11.3. The summed E-state index contributed by atoms with van der Waals surface area (Å²) in [7, 11) is 1.87. The quantitative estimate of drug-likeness (QED) is 0.256. The number of aromatic nitrogens is 2. The third-order valence-corrected chi connectivity index (χ3v) is 5.67. The normalized spacial score (nSPS) is 17.6. The topological polar surface area (TPSA) is 76.8 Å². The summed E-state index contributed by atoms with van der Waals surface area (Å²) < 4.78 is 68.0. The molecule has 0 bridgehead atoms. The van der Waals surface area contributed by atoms with Crippen LogP contribution in [0.4, 0.5) is 17.6 Å². The monoisotopic (exact) mass is 495 g/mol. The predicted molar refractivity (Wildman–Crippen MR) is 122 cm³/mol. The zero-order valence-corrected chi connectivity index (χ0v) is 20.2. The summed E-state index contributed by atoms with van der Waals surface area (Å²) in [6.07, 6.45) is -1.25. The molecule has 1 saturated heterocycles. The molecule has 0 radical (unpaired) electrons. The van der Waals surface area contributed by atoms with Gasteiger partial charge >= 0.3 is 6.18 Å². The molecule has 1 atom stereocenters. The van der Waals surface area contributed by atoms with Crippen LogP contribution in [0.3, 0.4) is 0 Å². The minimum Gasteiger partial charge on any atom is -0.490 e. The molecule has 0 aliphatic carbocycles. The third-order valence-electron chi connectivity index (χ3n) is 5.67. The van der Waals surface area contributed by atoms with E-state index in [2.05, 4.69) is 9.98 Å². The number of hydrogen-bond acceptors (Lipinski definition) is 4. The van der Waals surface area contributed by atoms with Crippen molar-refractivity contribution in [1.82, 2.24) is 9.36 Å². The molecule has 1 fully saturated rings. The molecular formula is C24H29F4N5O2. The first kappa shape index (κ1) is 26.5. The zero-order valence-electron chi connectivity index (χ0n) is 20.2. The van der Waals surface area contributed by atoms with E-state index in [1.807, 2.05) is 43.2 Å². The van der Waals surface area contributed by atoms with Crippen LogP contribution in [0.2, 0.25) is 0 Å². The molecule has 3 rings (SSSR count). The number of hydrogen-bond donors (Lipinski definition) is 0. The van der Waals surface area contributed by atoms with Crippen molar-refractivity contribution < 1.29 is 27.0 Å². The lowest BCUT2D eigenvalue weighted by atomic mass is 9.92. The molecule has 2 heterocycles. The molecule has 0 amide bonds. The van der Waals surface area contributed by atoms with Crippen molar-refractivity contribution in [2.24, 2.45) is 17.0 Å². The van der Waals surface area contributed by atoms with Crippen LogP contribution in [-0.4, -0.2) is 41.2 Å². The van der Waals surface area contributed by atoms with E-state index in [-0.39, 0.29) is 35.3 Å². The molecule has 1 aromatic carbocycles. The lowest BCUT2D eigenvalue weighted by Gasteiger charge is -2.21. The van der Waals surface area contributed by atoms with Crippen molar-refractivity contribution in [2.45, 2.75) is 57.9 Å². The second kappa shape index (κ2) is 10.6. The minimum absolute atomic E-state index is 0.0382. The van der Waals surface area contributed by atoms with Gasteiger partial charge in [-0.05, 0) is 31.0 Å². The fourth-order valence-electron chi connectivity index (χ4n) is 4.02. The van der Waals surface area contributed by atoms with Gasteiger partial charge in [0, 0.05) is 30.8 Å². The number of aliphatic imine (C=N–C) groups is 1. The van der Waals surface area contributed by atoms with Gasteiger partial charge in [0.15, 0.2) is 11.3 Å². The Morgan fingerprint density at radius 1 is 1.26 bits per heavy atom. The molecule has 1 aliphatic rings. The molecular weight excluding hydrogens is 466 g/mol. The number of ether oxygens (including phenoxy) is 2. The van der Waals surface area contributed by atoms with E-state index >= 15 is 0 Å². The number of alkyl halides is 4. The van der Waals surface area contributed by atoms with Crippen LogP contribution in [0.1, 0.15) is 50.4 Å². The Balaban J connectivity index is 2.22. The van der Waals surface area contributed by atoms with E-state index < -0.39 is 18.4 Å². The minimum atomic E-state index is -4.64. The summed E-state index contributed by atoms with van der Waals surface area (Å²) in [5.41, 5.74) is -0.0607. The van der Waals surface area contributed by atoms with Gasteiger partial charge in [-0.1, -0.05) is 20.8 Å². The van der Waals surface area contributed by atoms with Gasteiger partial charge in [-0.3, -0.25) is 9.36 Å². The van der Waals surface area contributed by atoms with Crippen LogP contribution in [0.15, 0.2) is 34.3 Å². The fraction of sp³-hybridized carbons (Fsp3) is 0.542. The lowest BCUT2D eigenvalue weighted by molar-refractivity contribution is -0.137. The van der Waals surface area contributed by atoms with Gasteiger partial charge < -0.3 is 9.47 Å². The maximum absolute atomic E-state index is 13.4. The summed E-state index contributed by atoms with van der Waals surface area (Å²) in [6, 6.07) is 4.55. The molecule has 7 nitrogen and oxygen atoms in total. The lowest BCUT2D eigenvalue weighted by Crippen LogP contribution is -2.30. The second-order valence-electron chi connectivity index (χ2n) is 9.27. The summed E-state index contributed by atoms with van der Waals surface area (Å²) in [5, 5.41) is 9.31. The van der Waals surface area contributed by atoms with Crippen LogP contribution in [0.5, 0.6) is 5.75 Å². The van der Waals surface area contributed by atoms with Crippen LogP contribution < -0.4 is 10.2 Å². The van der Waals surface area contributed by atoms with Gasteiger partial charge in [-0.15, -0.1) is 0 Å².